The van der Waals surface area contributed by atoms with Crippen LogP contribution in [0, 0.1) is 13.8 Å². The molecule has 142 valence electrons. The van der Waals surface area contributed by atoms with Gasteiger partial charge in [-0.05, 0) is 42.9 Å². The lowest BCUT2D eigenvalue weighted by molar-refractivity contribution is 0.0213. The topological polar surface area (TPSA) is 58.6 Å². The highest BCUT2D eigenvalue weighted by atomic mass is 32.2. The Hall–Kier alpha value is -0.950. The molecule has 1 saturated heterocycles. The van der Waals surface area contributed by atoms with E-state index in [0.717, 1.165) is 29.8 Å². The van der Waals surface area contributed by atoms with Gasteiger partial charge >= 0.3 is 0 Å². The van der Waals surface area contributed by atoms with Crippen LogP contribution in [0.5, 0.6) is 0 Å². The van der Waals surface area contributed by atoms with Crippen LogP contribution < -0.4 is 4.72 Å². The van der Waals surface area contributed by atoms with Crippen molar-refractivity contribution in [1.29, 1.82) is 0 Å². The predicted octanol–water partition coefficient (Wildman–Crippen LogP) is 2.60. The van der Waals surface area contributed by atoms with Crippen molar-refractivity contribution in [2.75, 3.05) is 32.8 Å². The smallest absolute Gasteiger partial charge is 0.241 e. The highest BCUT2D eigenvalue weighted by molar-refractivity contribution is 7.89. The maximum absolute atomic E-state index is 12.9. The van der Waals surface area contributed by atoms with Crippen molar-refractivity contribution in [1.82, 2.24) is 9.62 Å². The Labute approximate surface area is 152 Å². The van der Waals surface area contributed by atoms with Gasteiger partial charge in [0, 0.05) is 25.7 Å². The number of hydrogen-bond donors (Lipinski definition) is 1. The summed E-state index contributed by atoms with van der Waals surface area (Å²) >= 11 is 0. The molecule has 0 aliphatic carbocycles. The fourth-order valence-electron chi connectivity index (χ4n) is 3.26. The van der Waals surface area contributed by atoms with Crippen LogP contribution >= 0.6 is 0 Å². The van der Waals surface area contributed by atoms with E-state index in [0.29, 0.717) is 24.7 Å². The van der Waals surface area contributed by atoms with E-state index in [1.165, 1.54) is 0 Å². The van der Waals surface area contributed by atoms with Gasteiger partial charge in [-0.2, -0.15) is 0 Å². The number of nitrogens with one attached hydrogen (secondary N) is 1. The van der Waals surface area contributed by atoms with Crippen molar-refractivity contribution in [3.8, 4) is 0 Å². The molecule has 1 aliphatic rings. The molecule has 1 N–H and O–H groups in total. The van der Waals surface area contributed by atoms with Crippen molar-refractivity contribution in [2.45, 2.75) is 57.9 Å². The molecule has 25 heavy (non-hydrogen) atoms. The zero-order valence-corrected chi connectivity index (χ0v) is 17.2. The van der Waals surface area contributed by atoms with E-state index in [4.69, 9.17) is 4.74 Å². The third kappa shape index (κ3) is 5.03. The Morgan fingerprint density at radius 1 is 1.16 bits per heavy atom. The van der Waals surface area contributed by atoms with Gasteiger partial charge in [-0.3, -0.25) is 4.90 Å². The Morgan fingerprint density at radius 2 is 1.68 bits per heavy atom. The lowest BCUT2D eigenvalue weighted by atomic mass is 9.85. The van der Waals surface area contributed by atoms with Crippen molar-refractivity contribution >= 4 is 10.0 Å². The molecule has 0 radical (unpaired) electrons. The molecule has 0 aromatic heterocycles. The lowest BCUT2D eigenvalue weighted by Gasteiger charge is -2.32. The number of nitrogens with zero attached hydrogens (tertiary/aromatic N) is 1. The summed E-state index contributed by atoms with van der Waals surface area (Å²) in [6.07, 6.45) is 0. The monoisotopic (exact) mass is 368 g/mol. The number of benzene rings is 1. The van der Waals surface area contributed by atoms with Crippen molar-refractivity contribution in [3.63, 3.8) is 0 Å². The summed E-state index contributed by atoms with van der Waals surface area (Å²) in [5.74, 6) is 0. The minimum atomic E-state index is -3.53. The molecule has 1 aromatic carbocycles. The molecule has 0 saturated carbocycles. The summed E-state index contributed by atoms with van der Waals surface area (Å²) in [7, 11) is -3.53. The molecule has 1 unspecified atom stereocenters. The van der Waals surface area contributed by atoms with Crippen LogP contribution in [-0.2, 0) is 20.2 Å². The standard InChI is InChI=1S/C19H32N2O3S/c1-14-11-17(19(4,5)6)12-15(2)18(14)25(22,23)20-13-16(3)21-7-9-24-10-8-21/h11-12,16,20H,7-10,13H2,1-6H3. The third-order valence-corrected chi connectivity index (χ3v) is 6.56. The van der Waals surface area contributed by atoms with Gasteiger partial charge in [-0.25, -0.2) is 13.1 Å². The van der Waals surface area contributed by atoms with Gasteiger partial charge in [0.15, 0.2) is 0 Å². The molecular weight excluding hydrogens is 336 g/mol. The molecule has 5 nitrogen and oxygen atoms in total. The highest BCUT2D eigenvalue weighted by Crippen LogP contribution is 2.29. The average Bonchev–Trinajstić information content (AvgIpc) is 2.51. The Bertz CT molecular complexity index is 679. The van der Waals surface area contributed by atoms with Crippen molar-refractivity contribution in [3.05, 3.63) is 28.8 Å². The lowest BCUT2D eigenvalue weighted by Crippen LogP contribution is -2.47. The van der Waals surface area contributed by atoms with E-state index in [9.17, 15) is 8.42 Å². The number of sulfonamides is 1. The molecule has 0 bridgehead atoms. The van der Waals surface area contributed by atoms with E-state index in [-0.39, 0.29) is 11.5 Å². The molecule has 1 heterocycles. The maximum Gasteiger partial charge on any atom is 0.241 e. The largest absolute Gasteiger partial charge is 0.379 e. The zero-order valence-electron chi connectivity index (χ0n) is 16.3. The average molecular weight is 369 g/mol. The first-order chi connectivity index (χ1) is 11.5. The van der Waals surface area contributed by atoms with Gasteiger partial charge in [0.2, 0.25) is 10.0 Å². The van der Waals surface area contributed by atoms with Crippen LogP contribution in [-0.4, -0.2) is 52.2 Å². The van der Waals surface area contributed by atoms with Gasteiger partial charge in [0.05, 0.1) is 18.1 Å². The minimum absolute atomic E-state index is 0.00388. The molecule has 1 fully saturated rings. The molecule has 1 atom stereocenters. The van der Waals surface area contributed by atoms with Crippen LogP contribution in [0.15, 0.2) is 17.0 Å². The zero-order chi connectivity index (χ0) is 18.8. The summed E-state index contributed by atoms with van der Waals surface area (Å²) in [6.45, 7) is 15.7. The highest BCUT2D eigenvalue weighted by Gasteiger charge is 2.25. The van der Waals surface area contributed by atoms with E-state index in [1.807, 2.05) is 26.0 Å². The Morgan fingerprint density at radius 3 is 2.16 bits per heavy atom. The van der Waals surface area contributed by atoms with Crippen LogP contribution in [0.25, 0.3) is 0 Å². The maximum atomic E-state index is 12.9. The summed E-state index contributed by atoms with van der Waals surface area (Å²) in [4.78, 5) is 2.67. The Balaban J connectivity index is 2.16. The number of aryl methyl sites for hydroxylation is 2. The summed E-state index contributed by atoms with van der Waals surface area (Å²) in [5.41, 5.74) is 2.76. The van der Waals surface area contributed by atoms with Crippen LogP contribution in [0.3, 0.4) is 0 Å². The number of morpholine rings is 1. The molecule has 0 amide bonds. The predicted molar refractivity (Wildman–Crippen MR) is 102 cm³/mol. The van der Waals surface area contributed by atoms with E-state index in [1.54, 1.807) is 0 Å². The van der Waals surface area contributed by atoms with Gasteiger partial charge in [-0.15, -0.1) is 0 Å². The number of ether oxygens (including phenoxy) is 1. The van der Waals surface area contributed by atoms with Gasteiger partial charge in [0.1, 0.15) is 0 Å². The van der Waals surface area contributed by atoms with E-state index >= 15 is 0 Å². The minimum Gasteiger partial charge on any atom is -0.379 e. The van der Waals surface area contributed by atoms with E-state index in [2.05, 4.69) is 37.3 Å². The molecule has 6 heteroatoms. The molecule has 0 spiro atoms. The molecule has 1 aromatic rings. The first-order valence-corrected chi connectivity index (χ1v) is 10.4. The second-order valence-corrected chi connectivity index (χ2v) is 9.74. The molecule has 2 rings (SSSR count). The van der Waals surface area contributed by atoms with Crippen LogP contribution in [0.1, 0.15) is 44.4 Å². The molecular formula is C19H32N2O3S. The van der Waals surface area contributed by atoms with Gasteiger partial charge in [0.25, 0.3) is 0 Å². The molecule has 1 aliphatic heterocycles. The Kier molecular flexibility index (Phi) is 6.30. The number of rotatable bonds is 5. The van der Waals surface area contributed by atoms with Gasteiger partial charge in [-0.1, -0.05) is 32.9 Å². The quantitative estimate of drug-likeness (QED) is 0.868. The normalized spacial score (nSPS) is 18.3. The third-order valence-electron chi connectivity index (χ3n) is 4.83. The fourth-order valence-corrected chi connectivity index (χ4v) is 4.83. The fraction of sp³-hybridized carbons (Fsp3) is 0.684. The van der Waals surface area contributed by atoms with Crippen LogP contribution in [0.2, 0.25) is 0 Å². The van der Waals surface area contributed by atoms with Gasteiger partial charge < -0.3 is 4.74 Å². The van der Waals surface area contributed by atoms with E-state index < -0.39 is 10.0 Å². The summed E-state index contributed by atoms with van der Waals surface area (Å²) < 4.78 is 33.9. The first kappa shape index (κ1) is 20.4. The second-order valence-electron chi connectivity index (χ2n) is 8.04. The SMILES string of the molecule is Cc1cc(C(C)(C)C)cc(C)c1S(=O)(=O)NCC(C)N1CCOCC1. The second kappa shape index (κ2) is 7.74. The summed E-state index contributed by atoms with van der Waals surface area (Å²) in [6, 6.07) is 4.13. The van der Waals surface area contributed by atoms with Crippen LogP contribution in [0.4, 0.5) is 0 Å². The first-order valence-electron chi connectivity index (χ1n) is 8.95. The van der Waals surface area contributed by atoms with Crippen molar-refractivity contribution < 1.29 is 13.2 Å². The van der Waals surface area contributed by atoms with Crippen molar-refractivity contribution in [2.24, 2.45) is 0 Å². The summed E-state index contributed by atoms with van der Waals surface area (Å²) in [5, 5.41) is 0. The number of hydrogen-bond acceptors (Lipinski definition) is 4.